The minimum Gasteiger partial charge on any atom is -0.870 e. The fourth-order valence-electron chi connectivity index (χ4n) is 2.25. The molecule has 0 radical (unpaired) electrons. The molecule has 0 unspecified atom stereocenters. The van der Waals surface area contributed by atoms with Crippen molar-refractivity contribution in [2.45, 2.75) is 0 Å². The van der Waals surface area contributed by atoms with Gasteiger partial charge in [0.25, 0.3) is 4.83 Å². The van der Waals surface area contributed by atoms with Crippen molar-refractivity contribution >= 4 is 37.6 Å². The first-order valence-corrected chi connectivity index (χ1v) is 7.63. The molecule has 0 atom stereocenters. The summed E-state index contributed by atoms with van der Waals surface area (Å²) in [6.45, 7) is 0. The number of thiazole rings is 1. The first-order chi connectivity index (χ1) is 9.34. The minimum absolute atomic E-state index is 0. The molecule has 0 aliphatic heterocycles. The lowest BCUT2D eigenvalue weighted by Gasteiger charge is -1.92. The van der Waals surface area contributed by atoms with E-state index < -0.39 is 0 Å². The van der Waals surface area contributed by atoms with Crippen LogP contribution in [0.2, 0.25) is 0 Å². The molecule has 0 saturated heterocycles. The zero-order chi connectivity index (χ0) is 12.8. The summed E-state index contributed by atoms with van der Waals surface area (Å²) in [6, 6.07) is 14.2. The van der Waals surface area contributed by atoms with Gasteiger partial charge in [-0.25, -0.2) is 0 Å². The van der Waals surface area contributed by atoms with Crippen LogP contribution < -0.4 is 4.40 Å². The molecule has 1 aromatic carbocycles. The number of hydrogen-bond donors (Lipinski definition) is 1. The van der Waals surface area contributed by atoms with E-state index in [4.69, 9.17) is 0 Å². The smallest absolute Gasteiger partial charge is 0.390 e. The van der Waals surface area contributed by atoms with Gasteiger partial charge in [0.2, 0.25) is 0 Å². The van der Waals surface area contributed by atoms with Gasteiger partial charge >= 0.3 is 5.88 Å². The molecule has 0 amide bonds. The molecule has 5 heteroatoms. The van der Waals surface area contributed by atoms with Crippen LogP contribution in [0.15, 0.2) is 54.0 Å². The standard InChI is InChI=1S/C15H9NOS2.H2O/c17-14-12(10-4-2-1-3-5-10)19-15-13-11(7-9-18-13)6-8-16(14)15;/h1-9H;1H2. The highest BCUT2D eigenvalue weighted by molar-refractivity contribution is 7.26. The Balaban J connectivity index is 0.00000121. The molecule has 3 aromatic heterocycles. The molecule has 0 aliphatic rings. The second kappa shape index (κ2) is 4.86. The zero-order valence-corrected chi connectivity index (χ0v) is 12.0. The highest BCUT2D eigenvalue weighted by Crippen LogP contribution is 2.37. The van der Waals surface area contributed by atoms with Gasteiger partial charge in [-0.3, -0.25) is 0 Å². The summed E-state index contributed by atoms with van der Waals surface area (Å²) >= 11 is 3.35. The predicted molar refractivity (Wildman–Crippen MR) is 81.9 cm³/mol. The van der Waals surface area contributed by atoms with Crippen LogP contribution in [0, 0.1) is 0 Å². The van der Waals surface area contributed by atoms with Crippen molar-refractivity contribution in [3.05, 3.63) is 54.0 Å². The molecule has 4 aromatic rings. The van der Waals surface area contributed by atoms with Gasteiger partial charge < -0.3 is 10.6 Å². The third-order valence-corrected chi connectivity index (χ3v) is 5.46. The Morgan fingerprint density at radius 1 is 1.00 bits per heavy atom. The van der Waals surface area contributed by atoms with Crippen molar-refractivity contribution in [2.24, 2.45) is 0 Å². The largest absolute Gasteiger partial charge is 0.870 e. The summed E-state index contributed by atoms with van der Waals surface area (Å²) < 4.78 is 3.09. The zero-order valence-electron chi connectivity index (χ0n) is 10.4. The number of thiophene rings is 1. The Hall–Kier alpha value is -1.95. The first kappa shape index (κ1) is 13.1. The average molecular weight is 301 g/mol. The minimum atomic E-state index is 0. The van der Waals surface area contributed by atoms with Gasteiger partial charge in [0.1, 0.15) is 4.70 Å². The lowest BCUT2D eigenvalue weighted by molar-refractivity contribution is -0.516. The molecule has 100 valence electrons. The molecule has 3 nitrogen and oxygen atoms in total. The van der Waals surface area contributed by atoms with Crippen molar-refractivity contribution in [1.29, 1.82) is 0 Å². The Kier molecular flexibility index (Phi) is 3.17. The third kappa shape index (κ3) is 1.79. The van der Waals surface area contributed by atoms with Crippen LogP contribution >= 0.6 is 22.7 Å². The maximum Gasteiger partial charge on any atom is 0.390 e. The highest BCUT2D eigenvalue weighted by Gasteiger charge is 2.23. The quantitative estimate of drug-likeness (QED) is 0.542. The molecule has 0 fully saturated rings. The number of pyridine rings is 1. The molecule has 0 aliphatic carbocycles. The van der Waals surface area contributed by atoms with Crippen molar-refractivity contribution in [2.75, 3.05) is 0 Å². The lowest BCUT2D eigenvalue weighted by atomic mass is 10.2. The van der Waals surface area contributed by atoms with E-state index >= 15 is 0 Å². The van der Waals surface area contributed by atoms with Crippen molar-refractivity contribution < 1.29 is 15.0 Å². The Morgan fingerprint density at radius 3 is 2.60 bits per heavy atom. The first-order valence-electron chi connectivity index (χ1n) is 5.93. The summed E-state index contributed by atoms with van der Waals surface area (Å²) in [5, 5.41) is 13.7. The number of aromatic hydroxyl groups is 1. The van der Waals surface area contributed by atoms with Gasteiger partial charge in [-0.2, -0.15) is 0 Å². The van der Waals surface area contributed by atoms with Gasteiger partial charge in [0, 0.05) is 17.0 Å². The van der Waals surface area contributed by atoms with Crippen LogP contribution in [0.1, 0.15) is 0 Å². The third-order valence-electron chi connectivity index (χ3n) is 3.18. The molecule has 20 heavy (non-hydrogen) atoms. The van der Waals surface area contributed by atoms with Crippen LogP contribution in [-0.4, -0.2) is 10.6 Å². The van der Waals surface area contributed by atoms with Crippen LogP contribution in [0.4, 0.5) is 0 Å². The summed E-state index contributed by atoms with van der Waals surface area (Å²) in [4.78, 5) is 2.02. The number of nitrogens with zero attached hydrogens (tertiary/aromatic N) is 1. The van der Waals surface area contributed by atoms with E-state index in [1.807, 2.05) is 47.0 Å². The number of fused-ring (bicyclic) bond motifs is 3. The van der Waals surface area contributed by atoms with Gasteiger partial charge in [0.15, 0.2) is 11.1 Å². The van der Waals surface area contributed by atoms with Gasteiger partial charge in [-0.05, 0) is 11.4 Å². The van der Waals surface area contributed by atoms with Crippen molar-refractivity contribution in [3.8, 4) is 16.3 Å². The number of hydrogen-bond acceptors (Lipinski definition) is 4. The summed E-state index contributed by atoms with van der Waals surface area (Å²) in [5.41, 5.74) is 1.05. The normalized spacial score (nSPS) is 10.8. The summed E-state index contributed by atoms with van der Waals surface area (Å²) in [6.07, 6.45) is 1.93. The average Bonchev–Trinajstić information content (AvgIpc) is 3.04. The molecular weight excluding hydrogens is 290 g/mol. The molecule has 0 spiro atoms. The lowest BCUT2D eigenvalue weighted by Crippen LogP contribution is -2.17. The van der Waals surface area contributed by atoms with Crippen LogP contribution in [0.3, 0.4) is 0 Å². The predicted octanol–water partition coefficient (Wildman–Crippen LogP) is 3.90. The molecule has 3 heterocycles. The topological polar surface area (TPSA) is 54.3 Å². The SMILES string of the molecule is Oc1c(-c2ccccc2)sc2c3sccc3cc[n+]12.[OH-]. The number of benzene rings is 1. The molecular formula is C15H11NO2S2. The van der Waals surface area contributed by atoms with E-state index in [9.17, 15) is 5.11 Å². The van der Waals surface area contributed by atoms with Crippen LogP contribution in [-0.2, 0) is 0 Å². The Morgan fingerprint density at radius 2 is 1.80 bits per heavy atom. The van der Waals surface area contributed by atoms with E-state index in [2.05, 4.69) is 11.4 Å². The fraction of sp³-hybridized carbons (Fsp3) is 0. The van der Waals surface area contributed by atoms with Crippen molar-refractivity contribution in [3.63, 3.8) is 0 Å². The number of aromatic nitrogens is 1. The van der Waals surface area contributed by atoms with Crippen molar-refractivity contribution in [1.82, 2.24) is 0 Å². The molecule has 2 N–H and O–H groups in total. The van der Waals surface area contributed by atoms with Crippen LogP contribution in [0.5, 0.6) is 5.88 Å². The second-order valence-corrected chi connectivity index (χ2v) is 6.23. The van der Waals surface area contributed by atoms with E-state index in [0.717, 1.165) is 15.3 Å². The highest BCUT2D eigenvalue weighted by atomic mass is 32.1. The van der Waals surface area contributed by atoms with E-state index in [-0.39, 0.29) is 5.48 Å². The molecule has 0 bridgehead atoms. The molecule has 0 saturated carbocycles. The number of rotatable bonds is 1. The van der Waals surface area contributed by atoms with Crippen LogP contribution in [0.25, 0.3) is 25.4 Å². The Labute approximate surface area is 123 Å². The van der Waals surface area contributed by atoms with E-state index in [1.165, 1.54) is 10.1 Å². The van der Waals surface area contributed by atoms with Gasteiger partial charge in [-0.1, -0.05) is 41.7 Å². The summed E-state index contributed by atoms with van der Waals surface area (Å²) in [5.74, 6) is 0.321. The second-order valence-electron chi connectivity index (χ2n) is 4.32. The summed E-state index contributed by atoms with van der Waals surface area (Å²) in [7, 11) is 0. The fourth-order valence-corrected chi connectivity index (χ4v) is 4.43. The van der Waals surface area contributed by atoms with E-state index in [0.29, 0.717) is 5.88 Å². The Bertz CT molecular complexity index is 881. The van der Waals surface area contributed by atoms with E-state index in [1.54, 1.807) is 22.7 Å². The molecule has 4 rings (SSSR count). The maximum atomic E-state index is 10.4. The monoisotopic (exact) mass is 301 g/mol. The maximum absolute atomic E-state index is 10.4. The van der Waals surface area contributed by atoms with Gasteiger partial charge in [-0.15, -0.1) is 15.7 Å². The van der Waals surface area contributed by atoms with Gasteiger partial charge in [0.05, 0.1) is 0 Å².